The number of benzene rings is 1. The number of methoxy groups -OCH3 is 1. The molecule has 0 fully saturated rings. The van der Waals surface area contributed by atoms with Crippen LogP contribution in [0.5, 0.6) is 5.75 Å². The summed E-state index contributed by atoms with van der Waals surface area (Å²) >= 11 is 6.08. The van der Waals surface area contributed by atoms with Gasteiger partial charge in [-0.15, -0.1) is 0 Å². The Kier molecular flexibility index (Phi) is 4.92. The number of ether oxygens (including phenoxy) is 1. The van der Waals surface area contributed by atoms with E-state index < -0.39 is 0 Å². The van der Waals surface area contributed by atoms with E-state index in [1.807, 2.05) is 19.1 Å². The first-order valence-electron chi connectivity index (χ1n) is 5.22. The zero-order valence-electron chi connectivity index (χ0n) is 9.35. The summed E-state index contributed by atoms with van der Waals surface area (Å²) in [7, 11) is 1.69. The van der Waals surface area contributed by atoms with Gasteiger partial charge in [-0.25, -0.2) is 0 Å². The molecule has 1 rings (SSSR count). The molecule has 0 spiro atoms. The van der Waals surface area contributed by atoms with E-state index in [1.165, 1.54) is 5.56 Å². The Hall–Kier alpha value is -0.730. The molecule has 0 bridgehead atoms. The summed E-state index contributed by atoms with van der Waals surface area (Å²) in [6, 6.07) is 3.98. The number of nitrogens with two attached hydrogens (primary N) is 1. The Morgan fingerprint density at radius 3 is 2.67 bits per heavy atom. The Morgan fingerprint density at radius 1 is 1.33 bits per heavy atom. The van der Waals surface area contributed by atoms with Crippen LogP contribution in [-0.4, -0.2) is 13.7 Å². The van der Waals surface area contributed by atoms with Gasteiger partial charge in [0.2, 0.25) is 0 Å². The number of hydrogen-bond acceptors (Lipinski definition) is 2. The molecule has 0 aliphatic heterocycles. The van der Waals surface area contributed by atoms with Gasteiger partial charge in [-0.3, -0.25) is 0 Å². The SMILES string of the molecule is COc1cc(C)c(Cl)cc1CCCCN. The van der Waals surface area contributed by atoms with E-state index >= 15 is 0 Å². The Morgan fingerprint density at radius 2 is 2.07 bits per heavy atom. The van der Waals surface area contributed by atoms with Crippen LogP contribution in [0.15, 0.2) is 12.1 Å². The minimum absolute atomic E-state index is 0.738. The molecule has 1 aromatic carbocycles. The van der Waals surface area contributed by atoms with Crippen LogP contribution < -0.4 is 10.5 Å². The fourth-order valence-electron chi connectivity index (χ4n) is 1.54. The lowest BCUT2D eigenvalue weighted by atomic mass is 10.0. The molecule has 0 heterocycles. The molecule has 0 aliphatic rings. The van der Waals surface area contributed by atoms with E-state index in [-0.39, 0.29) is 0 Å². The highest BCUT2D eigenvalue weighted by atomic mass is 35.5. The van der Waals surface area contributed by atoms with E-state index in [0.29, 0.717) is 0 Å². The van der Waals surface area contributed by atoms with Gasteiger partial charge < -0.3 is 10.5 Å². The highest BCUT2D eigenvalue weighted by Gasteiger charge is 2.06. The molecule has 1 aromatic rings. The predicted molar refractivity (Wildman–Crippen MR) is 64.7 cm³/mol. The van der Waals surface area contributed by atoms with Gasteiger partial charge in [0.25, 0.3) is 0 Å². The van der Waals surface area contributed by atoms with Crippen molar-refractivity contribution >= 4 is 11.6 Å². The maximum absolute atomic E-state index is 6.08. The molecule has 15 heavy (non-hydrogen) atoms. The molecule has 2 nitrogen and oxygen atoms in total. The van der Waals surface area contributed by atoms with Crippen LogP contribution >= 0.6 is 11.6 Å². The minimum Gasteiger partial charge on any atom is -0.496 e. The molecule has 0 aromatic heterocycles. The number of unbranched alkanes of at least 4 members (excludes halogenated alkanes) is 1. The average Bonchev–Trinajstić information content (AvgIpc) is 2.23. The first-order valence-corrected chi connectivity index (χ1v) is 5.60. The van der Waals surface area contributed by atoms with Crippen LogP contribution in [0.25, 0.3) is 0 Å². The summed E-state index contributed by atoms with van der Waals surface area (Å²) in [5.41, 5.74) is 7.68. The molecule has 2 N–H and O–H groups in total. The summed E-state index contributed by atoms with van der Waals surface area (Å²) in [5.74, 6) is 0.925. The highest BCUT2D eigenvalue weighted by Crippen LogP contribution is 2.27. The Balaban J connectivity index is 2.80. The highest BCUT2D eigenvalue weighted by molar-refractivity contribution is 6.31. The minimum atomic E-state index is 0.738. The topological polar surface area (TPSA) is 35.2 Å². The van der Waals surface area contributed by atoms with Gasteiger partial charge in [0.1, 0.15) is 5.75 Å². The zero-order chi connectivity index (χ0) is 11.3. The lowest BCUT2D eigenvalue weighted by Gasteiger charge is -2.10. The lowest BCUT2D eigenvalue weighted by Crippen LogP contribution is -2.00. The molecule has 0 radical (unpaired) electrons. The zero-order valence-corrected chi connectivity index (χ0v) is 10.1. The number of rotatable bonds is 5. The summed E-state index contributed by atoms with van der Waals surface area (Å²) in [4.78, 5) is 0. The molecule has 0 aliphatic carbocycles. The lowest BCUT2D eigenvalue weighted by molar-refractivity contribution is 0.408. The van der Waals surface area contributed by atoms with E-state index in [0.717, 1.165) is 42.1 Å². The van der Waals surface area contributed by atoms with E-state index in [1.54, 1.807) is 7.11 Å². The van der Waals surface area contributed by atoms with Gasteiger partial charge in [-0.1, -0.05) is 11.6 Å². The molecular weight excluding hydrogens is 210 g/mol. The van der Waals surface area contributed by atoms with Gasteiger partial charge in [-0.05, 0) is 56.0 Å². The fraction of sp³-hybridized carbons (Fsp3) is 0.500. The van der Waals surface area contributed by atoms with Gasteiger partial charge in [-0.2, -0.15) is 0 Å². The molecule has 3 heteroatoms. The fourth-order valence-corrected chi connectivity index (χ4v) is 1.73. The Bertz CT molecular complexity index is 326. The normalized spacial score (nSPS) is 10.4. The summed E-state index contributed by atoms with van der Waals surface area (Å²) in [6.07, 6.45) is 3.08. The van der Waals surface area contributed by atoms with Crippen molar-refractivity contribution in [2.45, 2.75) is 26.2 Å². The summed E-state index contributed by atoms with van der Waals surface area (Å²) in [5, 5.41) is 0.804. The monoisotopic (exact) mass is 227 g/mol. The maximum Gasteiger partial charge on any atom is 0.122 e. The van der Waals surface area contributed by atoms with Crippen molar-refractivity contribution in [3.05, 3.63) is 28.3 Å². The molecular formula is C12H18ClNO. The maximum atomic E-state index is 6.08. The van der Waals surface area contributed by atoms with Gasteiger partial charge >= 0.3 is 0 Å². The second kappa shape index (κ2) is 5.99. The van der Waals surface area contributed by atoms with E-state index in [2.05, 4.69) is 0 Å². The average molecular weight is 228 g/mol. The van der Waals surface area contributed by atoms with Gasteiger partial charge in [0.15, 0.2) is 0 Å². The summed E-state index contributed by atoms with van der Waals surface area (Å²) < 4.78 is 5.32. The van der Waals surface area contributed by atoms with Crippen molar-refractivity contribution in [2.75, 3.05) is 13.7 Å². The third-order valence-electron chi connectivity index (χ3n) is 2.46. The number of hydrogen-bond donors (Lipinski definition) is 1. The number of aryl methyl sites for hydroxylation is 2. The molecule has 0 atom stereocenters. The van der Waals surface area contributed by atoms with Crippen LogP contribution in [0.4, 0.5) is 0 Å². The van der Waals surface area contributed by atoms with E-state index in [9.17, 15) is 0 Å². The quantitative estimate of drug-likeness (QED) is 0.785. The second-order valence-electron chi connectivity index (χ2n) is 3.66. The molecule has 0 saturated heterocycles. The van der Waals surface area contributed by atoms with Crippen molar-refractivity contribution in [1.29, 1.82) is 0 Å². The third-order valence-corrected chi connectivity index (χ3v) is 2.87. The van der Waals surface area contributed by atoms with Gasteiger partial charge in [0, 0.05) is 5.02 Å². The first kappa shape index (κ1) is 12.3. The van der Waals surface area contributed by atoms with Crippen molar-refractivity contribution < 1.29 is 4.74 Å². The van der Waals surface area contributed by atoms with Crippen molar-refractivity contribution in [3.8, 4) is 5.75 Å². The summed E-state index contributed by atoms with van der Waals surface area (Å²) in [6.45, 7) is 2.72. The van der Waals surface area contributed by atoms with Crippen LogP contribution in [-0.2, 0) is 6.42 Å². The predicted octanol–water partition coefficient (Wildman–Crippen LogP) is 2.94. The third kappa shape index (κ3) is 3.40. The van der Waals surface area contributed by atoms with Gasteiger partial charge in [0.05, 0.1) is 7.11 Å². The van der Waals surface area contributed by atoms with Crippen molar-refractivity contribution in [1.82, 2.24) is 0 Å². The molecule has 0 unspecified atom stereocenters. The molecule has 0 saturated carbocycles. The van der Waals surface area contributed by atoms with Crippen molar-refractivity contribution in [2.24, 2.45) is 5.73 Å². The first-order chi connectivity index (χ1) is 7.19. The van der Waals surface area contributed by atoms with E-state index in [4.69, 9.17) is 22.1 Å². The standard InChI is InChI=1S/C12H18ClNO/c1-9-7-12(15-2)10(8-11(9)13)5-3-4-6-14/h7-8H,3-6,14H2,1-2H3. The smallest absolute Gasteiger partial charge is 0.122 e. The van der Waals surface area contributed by atoms with Crippen molar-refractivity contribution in [3.63, 3.8) is 0 Å². The van der Waals surface area contributed by atoms with Crippen LogP contribution in [0.3, 0.4) is 0 Å². The van der Waals surface area contributed by atoms with Crippen LogP contribution in [0, 0.1) is 6.92 Å². The second-order valence-corrected chi connectivity index (χ2v) is 4.07. The molecule has 84 valence electrons. The Labute approximate surface area is 96.4 Å². The molecule has 0 amide bonds. The number of halogens is 1. The van der Waals surface area contributed by atoms with Crippen LogP contribution in [0.1, 0.15) is 24.0 Å². The van der Waals surface area contributed by atoms with Crippen LogP contribution in [0.2, 0.25) is 5.02 Å². The largest absolute Gasteiger partial charge is 0.496 e.